The minimum Gasteiger partial charge on any atom is -0.386 e. The van der Waals surface area contributed by atoms with E-state index in [0.717, 1.165) is 30.5 Å². The van der Waals surface area contributed by atoms with Gasteiger partial charge >= 0.3 is 31.1 Å². The summed E-state index contributed by atoms with van der Waals surface area (Å²) in [5.41, 5.74) is 6.40. The van der Waals surface area contributed by atoms with Crippen LogP contribution in [-0.2, 0) is 12.8 Å². The molecule has 3 heteroatoms. The molecule has 1 N–H and O–H groups in total. The first-order valence-corrected chi connectivity index (χ1v) is 13.1. The molecule has 0 aliphatic carbocycles. The summed E-state index contributed by atoms with van der Waals surface area (Å²) in [5.74, 6) is -0.177. The van der Waals surface area contributed by atoms with Crippen molar-refractivity contribution in [3.8, 4) is 0 Å². The smallest absolute Gasteiger partial charge is 0.386 e. The zero-order valence-corrected chi connectivity index (χ0v) is 27.6. The molecule has 0 heterocycles. The summed E-state index contributed by atoms with van der Waals surface area (Å²) in [7, 11) is 0. The molecule has 0 saturated heterocycles. The molecular weight excluding hydrogens is 679 g/mol. The molecule has 3 rings (SSSR count). The number of unbranched alkanes of at least 4 members (excludes halogenated alkanes) is 2. The first-order valence-electron chi connectivity index (χ1n) is 13.1. The first-order chi connectivity index (χ1) is 17.0. The molecule has 0 saturated carbocycles. The molecule has 0 fully saturated rings. The molecule has 1 atom stereocenters. The summed E-state index contributed by atoms with van der Waals surface area (Å²) >= 11 is 0. The first kappa shape index (κ1) is 35.2. The van der Waals surface area contributed by atoms with Crippen molar-refractivity contribution in [3.05, 3.63) is 127 Å². The van der Waals surface area contributed by atoms with Crippen LogP contribution in [0.1, 0.15) is 74.1 Å². The number of nitrogens with one attached hydrogen (secondary N) is 1. The number of benzene rings is 3. The van der Waals surface area contributed by atoms with Gasteiger partial charge in [-0.15, -0.1) is 0 Å². The van der Waals surface area contributed by atoms with E-state index in [4.69, 9.17) is 0 Å². The molecule has 0 aliphatic heterocycles. The van der Waals surface area contributed by atoms with Crippen molar-refractivity contribution in [1.29, 1.82) is 0 Å². The molecule has 0 spiro atoms. The van der Waals surface area contributed by atoms with Gasteiger partial charge < -0.3 is 12.7 Å². The Bertz CT molecular complexity index is 948. The third-order valence-corrected chi connectivity index (χ3v) is 6.40. The Balaban J connectivity index is 0.00000111. The Morgan fingerprint density at radius 2 is 1.43 bits per heavy atom. The molecule has 0 amide bonds. The fraction of sp³-hybridized carbons (Fsp3) is 0.382. The summed E-state index contributed by atoms with van der Waals surface area (Å²) in [6.45, 7) is 10.7. The van der Waals surface area contributed by atoms with Gasteiger partial charge in [-0.05, 0) is 68.4 Å². The van der Waals surface area contributed by atoms with E-state index in [2.05, 4.69) is 75.1 Å². The largest absolute Gasteiger partial charge is 2.00 e. The van der Waals surface area contributed by atoms with Gasteiger partial charge in [0.25, 0.3) is 0 Å². The summed E-state index contributed by atoms with van der Waals surface area (Å²) in [4.78, 5) is 0. The number of rotatable bonds is 13. The van der Waals surface area contributed by atoms with Gasteiger partial charge in [0, 0.05) is 11.7 Å². The number of halogens is 1. The number of aryl methyl sites for hydroxylation is 4. The molecule has 0 bridgehead atoms. The molecule has 0 aliphatic rings. The standard InChI is InChI=1S/C25H33FN.C8H10.CH3.U/c1-3-10-25(14-9-5-8-13-22-11-6-4-7-12-22)27-21(2)15-16-23-17-19-24(26)20-18-23;1-7-5-3-4-6-8(7)2;;/h6-7,11-12,17-20,25,27H,2-3,5,8-10,13-16H2,1H3;3-6H,1-2H3;1H3;/q-1;;-1;+2. The number of allylic oxidation sites excluding steroid dienone is 1. The Labute approximate surface area is 250 Å². The molecule has 198 valence electrons. The average molecular weight is 726 g/mol. The third kappa shape index (κ3) is 15.9. The predicted molar refractivity (Wildman–Crippen MR) is 155 cm³/mol. The van der Waals surface area contributed by atoms with Gasteiger partial charge in [-0.1, -0.05) is 82.0 Å². The summed E-state index contributed by atoms with van der Waals surface area (Å²) in [6.07, 6.45) is 10.3. The fourth-order valence-corrected chi connectivity index (χ4v) is 4.09. The molecule has 1 nitrogen and oxygen atoms in total. The molecule has 37 heavy (non-hydrogen) atoms. The van der Waals surface area contributed by atoms with Crippen LogP contribution in [-0.4, -0.2) is 6.04 Å². The maximum atomic E-state index is 13.0. The summed E-state index contributed by atoms with van der Waals surface area (Å²) in [6, 6.07) is 27.0. The Morgan fingerprint density at radius 1 is 0.838 bits per heavy atom. The second-order valence-corrected chi connectivity index (χ2v) is 9.45. The summed E-state index contributed by atoms with van der Waals surface area (Å²) < 4.78 is 13.0. The zero-order valence-electron chi connectivity index (χ0n) is 23.5. The van der Waals surface area contributed by atoms with Gasteiger partial charge in [-0.2, -0.15) is 35.9 Å². The van der Waals surface area contributed by atoms with E-state index in [-0.39, 0.29) is 44.4 Å². The van der Waals surface area contributed by atoms with Crippen LogP contribution in [0.15, 0.2) is 85.1 Å². The topological polar surface area (TPSA) is 12.0 Å². The van der Waals surface area contributed by atoms with Gasteiger partial charge in [0.1, 0.15) is 5.82 Å². The SMILES string of the molecule is C=C(CCc1ccc(F)cc1)NC(CCC)CCCCCc1cc[c-]cc1.Cc1ccccc1C.[CH3-].[U+2]. The molecule has 1 unspecified atom stereocenters. The minimum absolute atomic E-state index is 0. The Morgan fingerprint density at radius 3 is 2.00 bits per heavy atom. The van der Waals surface area contributed by atoms with Crippen LogP contribution in [0, 0.1) is 64.3 Å². The zero-order chi connectivity index (χ0) is 25.3. The second-order valence-electron chi connectivity index (χ2n) is 9.45. The van der Waals surface area contributed by atoms with Crippen LogP contribution < -0.4 is 5.32 Å². The van der Waals surface area contributed by atoms with E-state index in [1.165, 1.54) is 67.3 Å². The molecular formula is C34H46FNU. The van der Waals surface area contributed by atoms with Gasteiger partial charge in [-0.25, -0.2) is 4.39 Å². The van der Waals surface area contributed by atoms with Crippen LogP contribution in [0.5, 0.6) is 0 Å². The van der Waals surface area contributed by atoms with E-state index in [1.54, 1.807) is 0 Å². The Kier molecular flexibility index (Phi) is 20.1. The summed E-state index contributed by atoms with van der Waals surface area (Å²) in [5, 5.41) is 3.64. The van der Waals surface area contributed by atoms with Crippen molar-refractivity contribution in [2.45, 2.75) is 84.6 Å². The van der Waals surface area contributed by atoms with E-state index in [9.17, 15) is 4.39 Å². The molecule has 3 aromatic rings. The van der Waals surface area contributed by atoms with Crippen molar-refractivity contribution < 1.29 is 35.5 Å². The predicted octanol–water partition coefficient (Wildman–Crippen LogP) is 9.39. The van der Waals surface area contributed by atoms with Crippen LogP contribution in [0.25, 0.3) is 0 Å². The van der Waals surface area contributed by atoms with E-state index >= 15 is 0 Å². The van der Waals surface area contributed by atoms with Crippen molar-refractivity contribution in [2.75, 3.05) is 0 Å². The van der Waals surface area contributed by atoms with Crippen molar-refractivity contribution in [1.82, 2.24) is 5.32 Å². The Hall–Kier alpha value is -1.82. The second kappa shape index (κ2) is 21.2. The monoisotopic (exact) mass is 725 g/mol. The van der Waals surface area contributed by atoms with Crippen LogP contribution in [0.4, 0.5) is 4.39 Å². The van der Waals surface area contributed by atoms with E-state index in [1.807, 2.05) is 24.3 Å². The van der Waals surface area contributed by atoms with E-state index < -0.39 is 0 Å². The van der Waals surface area contributed by atoms with Crippen LogP contribution >= 0.6 is 0 Å². The molecule has 3 aromatic carbocycles. The van der Waals surface area contributed by atoms with Gasteiger partial charge in [0.15, 0.2) is 0 Å². The molecule has 0 radical (unpaired) electrons. The maximum absolute atomic E-state index is 13.0. The third-order valence-electron chi connectivity index (χ3n) is 6.40. The van der Waals surface area contributed by atoms with Crippen LogP contribution in [0.2, 0.25) is 0 Å². The van der Waals surface area contributed by atoms with Crippen molar-refractivity contribution >= 4 is 0 Å². The fourth-order valence-electron chi connectivity index (χ4n) is 4.09. The quantitative estimate of drug-likeness (QED) is 0.137. The normalized spacial score (nSPS) is 10.7. The molecule has 0 aromatic heterocycles. The van der Waals surface area contributed by atoms with Crippen molar-refractivity contribution in [2.24, 2.45) is 0 Å². The number of hydrogen-bond acceptors (Lipinski definition) is 1. The van der Waals surface area contributed by atoms with E-state index in [0.29, 0.717) is 6.04 Å². The van der Waals surface area contributed by atoms with Gasteiger partial charge in [0.2, 0.25) is 0 Å². The average Bonchev–Trinajstić information content (AvgIpc) is 2.86. The number of hydrogen-bond donors (Lipinski definition) is 1. The minimum atomic E-state index is -0.177. The van der Waals surface area contributed by atoms with Gasteiger partial charge in [-0.3, -0.25) is 0 Å². The maximum Gasteiger partial charge on any atom is 2.00 e. The van der Waals surface area contributed by atoms with Crippen molar-refractivity contribution in [3.63, 3.8) is 0 Å². The van der Waals surface area contributed by atoms with Gasteiger partial charge in [0.05, 0.1) is 0 Å². The van der Waals surface area contributed by atoms with Crippen LogP contribution in [0.3, 0.4) is 0 Å².